The number of halogens is 1. The van der Waals surface area contributed by atoms with Crippen LogP contribution < -0.4 is 0 Å². The van der Waals surface area contributed by atoms with Gasteiger partial charge in [0.15, 0.2) is 0 Å². The third kappa shape index (κ3) is 5.80. The minimum absolute atomic E-state index is 0.544. The molecule has 4 heteroatoms. The van der Waals surface area contributed by atoms with Crippen molar-refractivity contribution in [1.29, 1.82) is 0 Å². The molecule has 0 unspecified atom stereocenters. The molecule has 1 fully saturated rings. The number of nitrogens with zero attached hydrogens (tertiary/aromatic N) is 2. The predicted molar refractivity (Wildman–Crippen MR) is 84.1 cm³/mol. The van der Waals surface area contributed by atoms with E-state index >= 15 is 0 Å². The summed E-state index contributed by atoms with van der Waals surface area (Å²) in [6.45, 7) is 6.15. The van der Waals surface area contributed by atoms with Crippen molar-refractivity contribution >= 4 is 22.9 Å². The van der Waals surface area contributed by atoms with Crippen molar-refractivity contribution in [2.45, 2.75) is 51.3 Å². The SMILES string of the molecule is CCCN(CCCCc1nc(CCl)cs1)CC1CC1. The summed E-state index contributed by atoms with van der Waals surface area (Å²) in [4.78, 5) is 7.17. The van der Waals surface area contributed by atoms with Gasteiger partial charge in [-0.1, -0.05) is 6.92 Å². The lowest BCUT2D eigenvalue weighted by molar-refractivity contribution is 0.258. The van der Waals surface area contributed by atoms with E-state index in [1.54, 1.807) is 11.3 Å². The molecular formula is C15H25ClN2S. The van der Waals surface area contributed by atoms with Gasteiger partial charge in [-0.3, -0.25) is 0 Å². The van der Waals surface area contributed by atoms with Crippen LogP contribution in [0.3, 0.4) is 0 Å². The van der Waals surface area contributed by atoms with Gasteiger partial charge in [0, 0.05) is 11.9 Å². The number of hydrogen-bond acceptors (Lipinski definition) is 3. The predicted octanol–water partition coefficient (Wildman–Crippen LogP) is 4.33. The molecule has 1 aliphatic rings. The molecule has 0 radical (unpaired) electrons. The Morgan fingerprint density at radius 1 is 1.37 bits per heavy atom. The van der Waals surface area contributed by atoms with Gasteiger partial charge in [-0.25, -0.2) is 4.98 Å². The lowest BCUT2D eigenvalue weighted by Gasteiger charge is -2.21. The second-order valence-electron chi connectivity index (χ2n) is 5.57. The van der Waals surface area contributed by atoms with Crippen LogP contribution in [0.5, 0.6) is 0 Å². The molecule has 1 aromatic heterocycles. The molecule has 1 heterocycles. The second-order valence-corrected chi connectivity index (χ2v) is 6.78. The van der Waals surface area contributed by atoms with Gasteiger partial charge in [0.1, 0.15) is 0 Å². The summed E-state index contributed by atoms with van der Waals surface area (Å²) in [6, 6.07) is 0. The van der Waals surface area contributed by atoms with E-state index in [2.05, 4.69) is 22.2 Å². The first-order chi connectivity index (χ1) is 9.31. The topological polar surface area (TPSA) is 16.1 Å². The van der Waals surface area contributed by atoms with Crippen molar-refractivity contribution in [3.63, 3.8) is 0 Å². The Kier molecular flexibility index (Phi) is 6.62. The highest BCUT2D eigenvalue weighted by Gasteiger charge is 2.23. The number of aryl methyl sites for hydroxylation is 1. The molecule has 0 saturated heterocycles. The average Bonchev–Trinajstić information content (AvgIpc) is 3.11. The van der Waals surface area contributed by atoms with Crippen molar-refractivity contribution < 1.29 is 0 Å². The van der Waals surface area contributed by atoms with Crippen LogP contribution in [-0.4, -0.2) is 29.5 Å². The molecule has 0 aliphatic heterocycles. The maximum atomic E-state index is 5.77. The highest BCUT2D eigenvalue weighted by atomic mass is 35.5. The molecule has 0 bridgehead atoms. The lowest BCUT2D eigenvalue weighted by atomic mass is 10.2. The summed E-state index contributed by atoms with van der Waals surface area (Å²) >= 11 is 7.52. The van der Waals surface area contributed by atoms with Crippen LogP contribution in [0, 0.1) is 5.92 Å². The maximum absolute atomic E-state index is 5.77. The van der Waals surface area contributed by atoms with Crippen molar-refractivity contribution in [2.75, 3.05) is 19.6 Å². The van der Waals surface area contributed by atoms with Crippen LogP contribution in [-0.2, 0) is 12.3 Å². The molecule has 0 N–H and O–H groups in total. The molecule has 2 nitrogen and oxygen atoms in total. The Bertz CT molecular complexity index is 363. The third-order valence-electron chi connectivity index (χ3n) is 3.60. The Morgan fingerprint density at radius 3 is 2.84 bits per heavy atom. The molecular weight excluding hydrogens is 276 g/mol. The zero-order chi connectivity index (χ0) is 13.5. The van der Waals surface area contributed by atoms with Gasteiger partial charge < -0.3 is 4.90 Å². The summed E-state index contributed by atoms with van der Waals surface area (Å²) in [5.74, 6) is 1.55. The molecule has 19 heavy (non-hydrogen) atoms. The van der Waals surface area contributed by atoms with Crippen LogP contribution in [0.4, 0.5) is 0 Å². The molecule has 1 aliphatic carbocycles. The molecule has 2 rings (SSSR count). The van der Waals surface area contributed by atoms with E-state index in [4.69, 9.17) is 11.6 Å². The van der Waals surface area contributed by atoms with Gasteiger partial charge in [-0.15, -0.1) is 22.9 Å². The number of aromatic nitrogens is 1. The Balaban J connectivity index is 1.60. The Labute approximate surface area is 126 Å². The zero-order valence-corrected chi connectivity index (χ0v) is 13.5. The van der Waals surface area contributed by atoms with E-state index in [9.17, 15) is 0 Å². The smallest absolute Gasteiger partial charge is 0.0928 e. The normalized spacial score (nSPS) is 15.3. The molecule has 1 saturated carbocycles. The number of rotatable bonds is 10. The van der Waals surface area contributed by atoms with Crippen LogP contribution in [0.15, 0.2) is 5.38 Å². The lowest BCUT2D eigenvalue weighted by Crippen LogP contribution is -2.28. The summed E-state index contributed by atoms with van der Waals surface area (Å²) in [5.41, 5.74) is 1.03. The van der Waals surface area contributed by atoms with Crippen molar-refractivity contribution in [2.24, 2.45) is 5.92 Å². The second kappa shape index (κ2) is 8.23. The van der Waals surface area contributed by atoms with Gasteiger partial charge in [-0.05, 0) is 57.5 Å². The highest BCUT2D eigenvalue weighted by molar-refractivity contribution is 7.09. The fourth-order valence-electron chi connectivity index (χ4n) is 2.41. The third-order valence-corrected chi connectivity index (χ3v) is 4.84. The van der Waals surface area contributed by atoms with E-state index in [1.807, 2.05) is 0 Å². The molecule has 0 spiro atoms. The fourth-order valence-corrected chi connectivity index (χ4v) is 3.48. The Morgan fingerprint density at radius 2 is 2.21 bits per heavy atom. The van der Waals surface area contributed by atoms with Gasteiger partial charge >= 0.3 is 0 Å². The quantitative estimate of drug-likeness (QED) is 0.472. The molecule has 1 aromatic rings. The maximum Gasteiger partial charge on any atom is 0.0928 e. The standard InChI is InChI=1S/C15H25ClN2S/c1-2-8-18(11-13-6-7-13)9-4-3-5-15-17-14(10-16)12-19-15/h12-13H,2-11H2,1H3. The number of thiazole rings is 1. The molecule has 0 aromatic carbocycles. The first-order valence-electron chi connectivity index (χ1n) is 7.53. The van der Waals surface area contributed by atoms with E-state index in [0.717, 1.165) is 18.0 Å². The van der Waals surface area contributed by atoms with Crippen LogP contribution in [0.1, 0.15) is 49.7 Å². The molecule has 0 amide bonds. The van der Waals surface area contributed by atoms with Crippen molar-refractivity contribution in [3.05, 3.63) is 16.1 Å². The number of hydrogen-bond donors (Lipinski definition) is 0. The summed E-state index contributed by atoms with van der Waals surface area (Å²) in [7, 11) is 0. The number of unbranched alkanes of at least 4 members (excludes halogenated alkanes) is 1. The van der Waals surface area contributed by atoms with Crippen LogP contribution >= 0.6 is 22.9 Å². The summed E-state index contributed by atoms with van der Waals surface area (Å²) in [5, 5.41) is 3.33. The van der Waals surface area contributed by atoms with Gasteiger partial charge in [-0.2, -0.15) is 0 Å². The van der Waals surface area contributed by atoms with Gasteiger partial charge in [0.05, 0.1) is 16.6 Å². The Hall–Kier alpha value is -0.120. The zero-order valence-electron chi connectivity index (χ0n) is 11.9. The minimum Gasteiger partial charge on any atom is -0.303 e. The van der Waals surface area contributed by atoms with E-state index in [0.29, 0.717) is 5.88 Å². The number of alkyl halides is 1. The average molecular weight is 301 g/mol. The van der Waals surface area contributed by atoms with Gasteiger partial charge in [0.2, 0.25) is 0 Å². The summed E-state index contributed by atoms with van der Waals surface area (Å²) in [6.07, 6.45) is 7.85. The first-order valence-corrected chi connectivity index (χ1v) is 8.94. The van der Waals surface area contributed by atoms with E-state index < -0.39 is 0 Å². The van der Waals surface area contributed by atoms with Crippen molar-refractivity contribution in [3.8, 4) is 0 Å². The minimum atomic E-state index is 0.544. The largest absolute Gasteiger partial charge is 0.303 e. The highest BCUT2D eigenvalue weighted by Crippen LogP contribution is 2.29. The molecule has 0 atom stereocenters. The summed E-state index contributed by atoms with van der Waals surface area (Å²) < 4.78 is 0. The van der Waals surface area contributed by atoms with E-state index in [1.165, 1.54) is 56.7 Å². The van der Waals surface area contributed by atoms with Gasteiger partial charge in [0.25, 0.3) is 0 Å². The monoisotopic (exact) mass is 300 g/mol. The van der Waals surface area contributed by atoms with Crippen LogP contribution in [0.25, 0.3) is 0 Å². The first kappa shape index (κ1) is 15.3. The molecule has 108 valence electrons. The fraction of sp³-hybridized carbons (Fsp3) is 0.800. The van der Waals surface area contributed by atoms with E-state index in [-0.39, 0.29) is 0 Å². The van der Waals surface area contributed by atoms with Crippen molar-refractivity contribution in [1.82, 2.24) is 9.88 Å². The van der Waals surface area contributed by atoms with Crippen LogP contribution in [0.2, 0.25) is 0 Å².